The van der Waals surface area contributed by atoms with Crippen LogP contribution >= 0.6 is 0 Å². The van der Waals surface area contributed by atoms with Gasteiger partial charge >= 0.3 is 0 Å². The highest BCUT2D eigenvalue weighted by atomic mass is 15.1. The van der Waals surface area contributed by atoms with E-state index in [0.717, 1.165) is 13.1 Å². The molecule has 2 N–H and O–H groups in total. The maximum absolute atomic E-state index is 6.01. The van der Waals surface area contributed by atoms with Crippen molar-refractivity contribution in [2.45, 2.75) is 38.5 Å². The van der Waals surface area contributed by atoms with E-state index < -0.39 is 0 Å². The summed E-state index contributed by atoms with van der Waals surface area (Å²) in [5, 5.41) is 0. The minimum absolute atomic E-state index is 0.448. The highest BCUT2D eigenvalue weighted by molar-refractivity contribution is 4.94. The Morgan fingerprint density at radius 1 is 1.13 bits per heavy atom. The van der Waals surface area contributed by atoms with Gasteiger partial charge in [0, 0.05) is 19.6 Å². The molecule has 2 heteroatoms. The molecule has 1 aliphatic heterocycles. The van der Waals surface area contributed by atoms with Gasteiger partial charge in [0.1, 0.15) is 0 Å². The van der Waals surface area contributed by atoms with E-state index in [9.17, 15) is 0 Å². The molecule has 0 aromatic rings. The first-order valence-electron chi connectivity index (χ1n) is 6.42. The molecule has 1 saturated carbocycles. The quantitative estimate of drug-likeness (QED) is 0.720. The van der Waals surface area contributed by atoms with E-state index in [-0.39, 0.29) is 0 Å². The van der Waals surface area contributed by atoms with Crippen LogP contribution in [0.25, 0.3) is 0 Å². The summed E-state index contributed by atoms with van der Waals surface area (Å²) in [7, 11) is 0. The van der Waals surface area contributed by atoms with E-state index in [0.29, 0.717) is 5.41 Å². The average Bonchev–Trinajstić information content (AvgIpc) is 2.32. The summed E-state index contributed by atoms with van der Waals surface area (Å²) in [6.07, 6.45) is 12.7. The van der Waals surface area contributed by atoms with E-state index in [1.54, 1.807) is 0 Å². The Bertz CT molecular complexity index is 217. The molecule has 0 bridgehead atoms. The van der Waals surface area contributed by atoms with Crippen molar-refractivity contribution in [3.8, 4) is 0 Å². The number of hydrogen-bond donors (Lipinski definition) is 1. The summed E-state index contributed by atoms with van der Waals surface area (Å²) in [5.41, 5.74) is 6.46. The molecule has 0 aromatic heterocycles. The summed E-state index contributed by atoms with van der Waals surface area (Å²) < 4.78 is 0. The Hall–Kier alpha value is -0.340. The Kier molecular flexibility index (Phi) is 3.81. The molecule has 1 aliphatic carbocycles. The first-order chi connectivity index (χ1) is 7.35. The van der Waals surface area contributed by atoms with Crippen molar-refractivity contribution in [3.05, 3.63) is 12.2 Å². The Labute approximate surface area is 93.5 Å². The van der Waals surface area contributed by atoms with Gasteiger partial charge in [-0.25, -0.2) is 0 Å². The van der Waals surface area contributed by atoms with Crippen LogP contribution in [0.3, 0.4) is 0 Å². The second-order valence-electron chi connectivity index (χ2n) is 5.26. The van der Waals surface area contributed by atoms with E-state index >= 15 is 0 Å². The zero-order valence-electron chi connectivity index (χ0n) is 9.75. The highest BCUT2D eigenvalue weighted by Gasteiger charge is 2.32. The lowest BCUT2D eigenvalue weighted by Crippen LogP contribution is -2.44. The highest BCUT2D eigenvalue weighted by Crippen LogP contribution is 2.36. The molecule has 2 rings (SSSR count). The van der Waals surface area contributed by atoms with Crippen molar-refractivity contribution < 1.29 is 0 Å². The van der Waals surface area contributed by atoms with Gasteiger partial charge in [-0.3, -0.25) is 4.90 Å². The van der Waals surface area contributed by atoms with E-state index in [1.807, 2.05) is 0 Å². The van der Waals surface area contributed by atoms with Gasteiger partial charge in [-0.1, -0.05) is 31.4 Å². The normalized spacial score (nSPS) is 26.7. The Balaban J connectivity index is 1.91. The van der Waals surface area contributed by atoms with Crippen molar-refractivity contribution >= 4 is 0 Å². The third kappa shape index (κ3) is 2.82. The molecule has 86 valence electrons. The molecule has 2 aliphatic rings. The molecule has 0 amide bonds. The van der Waals surface area contributed by atoms with Crippen LogP contribution in [-0.2, 0) is 0 Å². The van der Waals surface area contributed by atoms with Crippen LogP contribution in [0.5, 0.6) is 0 Å². The zero-order valence-corrected chi connectivity index (χ0v) is 9.75. The number of nitrogens with zero attached hydrogens (tertiary/aromatic N) is 1. The van der Waals surface area contributed by atoms with E-state index in [4.69, 9.17) is 5.73 Å². The van der Waals surface area contributed by atoms with Crippen molar-refractivity contribution in [3.63, 3.8) is 0 Å². The summed E-state index contributed by atoms with van der Waals surface area (Å²) in [6, 6.07) is 0. The van der Waals surface area contributed by atoms with Gasteiger partial charge < -0.3 is 5.73 Å². The standard InChI is InChI=1S/C13H24N2/c14-11-13(7-3-1-4-8-13)12-15-9-5-2-6-10-15/h2,5H,1,3-4,6-12,14H2. The van der Waals surface area contributed by atoms with E-state index in [2.05, 4.69) is 17.1 Å². The Morgan fingerprint density at radius 2 is 1.93 bits per heavy atom. The van der Waals surface area contributed by atoms with Crippen LogP contribution in [0.1, 0.15) is 38.5 Å². The lowest BCUT2D eigenvalue weighted by Gasteiger charge is -2.40. The SMILES string of the molecule is NCC1(CN2CC=CCC2)CCCCC1. The van der Waals surface area contributed by atoms with Crippen LogP contribution < -0.4 is 5.73 Å². The van der Waals surface area contributed by atoms with Gasteiger partial charge in [0.25, 0.3) is 0 Å². The van der Waals surface area contributed by atoms with Gasteiger partial charge in [0.15, 0.2) is 0 Å². The molecule has 1 heterocycles. The fraction of sp³-hybridized carbons (Fsp3) is 0.846. The predicted octanol–water partition coefficient (Wildman–Crippen LogP) is 2.16. The second kappa shape index (κ2) is 5.13. The molecule has 0 aromatic carbocycles. The van der Waals surface area contributed by atoms with Gasteiger partial charge in [-0.2, -0.15) is 0 Å². The third-order valence-electron chi connectivity index (χ3n) is 4.05. The van der Waals surface area contributed by atoms with Gasteiger partial charge in [0.2, 0.25) is 0 Å². The molecule has 0 unspecified atom stereocenters. The molecule has 1 fully saturated rings. The summed E-state index contributed by atoms with van der Waals surface area (Å²) in [6.45, 7) is 4.49. The summed E-state index contributed by atoms with van der Waals surface area (Å²) in [4.78, 5) is 2.58. The molecule has 0 saturated heterocycles. The zero-order chi connectivity index (χ0) is 10.6. The minimum Gasteiger partial charge on any atom is -0.330 e. The molecule has 0 spiro atoms. The van der Waals surface area contributed by atoms with Gasteiger partial charge in [0.05, 0.1) is 0 Å². The smallest absolute Gasteiger partial charge is 0.0163 e. The van der Waals surface area contributed by atoms with Crippen LogP contribution in [0, 0.1) is 5.41 Å². The van der Waals surface area contributed by atoms with Crippen LogP contribution in [-0.4, -0.2) is 31.1 Å². The summed E-state index contributed by atoms with van der Waals surface area (Å²) in [5.74, 6) is 0. The first-order valence-corrected chi connectivity index (χ1v) is 6.42. The van der Waals surface area contributed by atoms with Crippen molar-refractivity contribution in [2.24, 2.45) is 11.1 Å². The largest absolute Gasteiger partial charge is 0.330 e. The number of hydrogen-bond acceptors (Lipinski definition) is 2. The third-order valence-corrected chi connectivity index (χ3v) is 4.05. The molecule has 0 radical (unpaired) electrons. The van der Waals surface area contributed by atoms with Crippen molar-refractivity contribution in [1.82, 2.24) is 4.90 Å². The van der Waals surface area contributed by atoms with E-state index in [1.165, 1.54) is 51.6 Å². The van der Waals surface area contributed by atoms with Crippen LogP contribution in [0.4, 0.5) is 0 Å². The fourth-order valence-electron chi connectivity index (χ4n) is 3.04. The second-order valence-corrected chi connectivity index (χ2v) is 5.26. The minimum atomic E-state index is 0.448. The molecular weight excluding hydrogens is 184 g/mol. The monoisotopic (exact) mass is 208 g/mol. The fourth-order valence-corrected chi connectivity index (χ4v) is 3.04. The lowest BCUT2D eigenvalue weighted by molar-refractivity contribution is 0.117. The number of rotatable bonds is 3. The maximum atomic E-state index is 6.01. The molecule has 2 nitrogen and oxygen atoms in total. The predicted molar refractivity (Wildman–Crippen MR) is 64.8 cm³/mol. The Morgan fingerprint density at radius 3 is 2.53 bits per heavy atom. The molecular formula is C13H24N2. The first kappa shape index (κ1) is 11.2. The van der Waals surface area contributed by atoms with Gasteiger partial charge in [-0.05, 0) is 31.2 Å². The topological polar surface area (TPSA) is 29.3 Å². The van der Waals surface area contributed by atoms with Crippen LogP contribution in [0.2, 0.25) is 0 Å². The van der Waals surface area contributed by atoms with Crippen molar-refractivity contribution in [1.29, 1.82) is 0 Å². The van der Waals surface area contributed by atoms with Gasteiger partial charge in [-0.15, -0.1) is 0 Å². The number of nitrogens with two attached hydrogens (primary N) is 1. The molecule has 15 heavy (non-hydrogen) atoms. The molecule has 0 atom stereocenters. The lowest BCUT2D eigenvalue weighted by atomic mass is 9.73. The maximum Gasteiger partial charge on any atom is 0.0163 e. The van der Waals surface area contributed by atoms with Crippen molar-refractivity contribution in [2.75, 3.05) is 26.2 Å². The average molecular weight is 208 g/mol. The summed E-state index contributed by atoms with van der Waals surface area (Å²) >= 11 is 0. The van der Waals surface area contributed by atoms with Crippen LogP contribution in [0.15, 0.2) is 12.2 Å².